The molecule has 0 spiro atoms. The van der Waals surface area contributed by atoms with E-state index in [2.05, 4.69) is 21.1 Å². The number of rotatable bonds is 4. The van der Waals surface area contributed by atoms with Gasteiger partial charge in [0.05, 0.1) is 0 Å². The van der Waals surface area contributed by atoms with Crippen LogP contribution in [0.1, 0.15) is 13.8 Å². The summed E-state index contributed by atoms with van der Waals surface area (Å²) in [6.45, 7) is 3.81. The van der Waals surface area contributed by atoms with E-state index in [1.54, 1.807) is 0 Å². The van der Waals surface area contributed by atoms with Crippen LogP contribution in [-0.4, -0.2) is 24.5 Å². The van der Waals surface area contributed by atoms with Gasteiger partial charge in [-0.05, 0) is 26.0 Å². The summed E-state index contributed by atoms with van der Waals surface area (Å²) in [5.74, 6) is 5.53. The van der Waals surface area contributed by atoms with Gasteiger partial charge in [0, 0.05) is 11.7 Å². The van der Waals surface area contributed by atoms with Crippen molar-refractivity contribution in [1.82, 2.24) is 10.7 Å². The van der Waals surface area contributed by atoms with Crippen molar-refractivity contribution < 1.29 is 4.79 Å². The van der Waals surface area contributed by atoms with Crippen molar-refractivity contribution in [3.05, 3.63) is 30.3 Å². The number of benzene rings is 1. The molecule has 0 saturated carbocycles. The maximum Gasteiger partial charge on any atom is 0.242 e. The zero-order chi connectivity index (χ0) is 13.4. The van der Waals surface area contributed by atoms with Crippen LogP contribution in [0.3, 0.4) is 0 Å². The van der Waals surface area contributed by atoms with Gasteiger partial charge in [-0.2, -0.15) is 0 Å². The molecule has 0 aliphatic carbocycles. The van der Waals surface area contributed by atoms with Crippen LogP contribution in [0.5, 0.6) is 0 Å². The molecule has 0 aliphatic heterocycles. The fourth-order valence-corrected chi connectivity index (χ4v) is 1.30. The van der Waals surface area contributed by atoms with Crippen LogP contribution in [0.25, 0.3) is 0 Å². The summed E-state index contributed by atoms with van der Waals surface area (Å²) in [5, 5.41) is 5.71. The Kier molecular flexibility index (Phi) is 5.66. The van der Waals surface area contributed by atoms with E-state index in [0.717, 1.165) is 5.69 Å². The number of anilines is 1. The van der Waals surface area contributed by atoms with Crippen LogP contribution in [0.2, 0.25) is 0 Å². The Labute approximate surface area is 107 Å². The highest BCUT2D eigenvalue weighted by Crippen LogP contribution is 2.03. The zero-order valence-corrected chi connectivity index (χ0v) is 10.6. The molecule has 6 nitrogen and oxygen atoms in total. The number of hydrazine groups is 1. The predicted molar refractivity (Wildman–Crippen MR) is 73.0 cm³/mol. The third-order valence-corrected chi connectivity index (χ3v) is 2.00. The van der Waals surface area contributed by atoms with Gasteiger partial charge in [0.1, 0.15) is 6.54 Å². The van der Waals surface area contributed by atoms with Crippen LogP contribution < -0.4 is 21.9 Å². The molecule has 1 aromatic carbocycles. The number of carbonyl (C=O) groups excluding carboxylic acids is 1. The fraction of sp³-hybridized carbons (Fsp3) is 0.333. The van der Waals surface area contributed by atoms with Crippen molar-refractivity contribution >= 4 is 17.6 Å². The minimum Gasteiger partial charge on any atom is -0.352 e. The summed E-state index contributed by atoms with van der Waals surface area (Å²) < 4.78 is 0. The molecule has 0 aromatic heterocycles. The van der Waals surface area contributed by atoms with Crippen LogP contribution in [-0.2, 0) is 4.79 Å². The normalized spacial score (nSPS) is 11.2. The molecular formula is C12H19N5O. The predicted octanol–water partition coefficient (Wildman–Crippen LogP) is 0.442. The molecule has 5 N–H and O–H groups in total. The van der Waals surface area contributed by atoms with E-state index in [-0.39, 0.29) is 18.5 Å². The molecule has 18 heavy (non-hydrogen) atoms. The van der Waals surface area contributed by atoms with E-state index in [1.165, 1.54) is 0 Å². The number of amides is 1. The van der Waals surface area contributed by atoms with Crippen molar-refractivity contribution in [1.29, 1.82) is 0 Å². The minimum atomic E-state index is -0.146. The topological polar surface area (TPSA) is 91.5 Å². The number of guanidine groups is 1. The van der Waals surface area contributed by atoms with Gasteiger partial charge >= 0.3 is 0 Å². The Hall–Kier alpha value is -2.08. The SMILES string of the molecule is CC(C)NC(=O)CN=C(NN)Nc1ccccc1. The fourth-order valence-electron chi connectivity index (χ4n) is 1.30. The standard InChI is InChI=1S/C12H19N5O/c1-9(2)15-11(18)8-14-12(17-13)16-10-6-4-3-5-7-10/h3-7,9H,8,13H2,1-2H3,(H,15,18)(H2,14,16,17). The first-order chi connectivity index (χ1) is 8.61. The third-order valence-electron chi connectivity index (χ3n) is 2.00. The summed E-state index contributed by atoms with van der Waals surface area (Å²) >= 11 is 0. The first-order valence-corrected chi connectivity index (χ1v) is 5.74. The molecule has 1 amide bonds. The van der Waals surface area contributed by atoms with Crippen molar-refractivity contribution in [3.63, 3.8) is 0 Å². The number of carbonyl (C=O) groups is 1. The molecule has 0 unspecified atom stereocenters. The van der Waals surface area contributed by atoms with Crippen LogP contribution in [0.4, 0.5) is 5.69 Å². The second-order valence-corrected chi connectivity index (χ2v) is 4.02. The Morgan fingerprint density at radius 2 is 2.00 bits per heavy atom. The number of nitrogens with one attached hydrogen (secondary N) is 3. The second-order valence-electron chi connectivity index (χ2n) is 4.02. The summed E-state index contributed by atoms with van der Waals surface area (Å²) in [4.78, 5) is 15.5. The van der Waals surface area contributed by atoms with Gasteiger partial charge < -0.3 is 10.6 Å². The second kappa shape index (κ2) is 7.29. The maximum atomic E-state index is 11.4. The molecule has 0 bridgehead atoms. The van der Waals surface area contributed by atoms with Crippen molar-refractivity contribution in [3.8, 4) is 0 Å². The average molecular weight is 249 g/mol. The summed E-state index contributed by atoms with van der Waals surface area (Å²) in [5.41, 5.74) is 3.26. The molecule has 0 atom stereocenters. The lowest BCUT2D eigenvalue weighted by atomic mass is 10.3. The zero-order valence-electron chi connectivity index (χ0n) is 10.6. The Morgan fingerprint density at radius 1 is 1.33 bits per heavy atom. The number of para-hydroxylation sites is 1. The van der Waals surface area contributed by atoms with Gasteiger partial charge in [0.25, 0.3) is 0 Å². The van der Waals surface area contributed by atoms with Crippen molar-refractivity contribution in [2.75, 3.05) is 11.9 Å². The molecule has 1 aromatic rings. The number of nitrogens with two attached hydrogens (primary N) is 1. The van der Waals surface area contributed by atoms with Crippen LogP contribution in [0, 0.1) is 0 Å². The van der Waals surface area contributed by atoms with Crippen LogP contribution >= 0.6 is 0 Å². The first-order valence-electron chi connectivity index (χ1n) is 5.74. The Morgan fingerprint density at radius 3 is 2.56 bits per heavy atom. The summed E-state index contributed by atoms with van der Waals surface area (Å²) in [6, 6.07) is 9.55. The smallest absolute Gasteiger partial charge is 0.242 e. The van der Waals surface area contributed by atoms with Crippen molar-refractivity contribution in [2.45, 2.75) is 19.9 Å². The van der Waals surface area contributed by atoms with E-state index in [9.17, 15) is 4.79 Å². The van der Waals surface area contributed by atoms with Crippen LogP contribution in [0.15, 0.2) is 35.3 Å². The lowest BCUT2D eigenvalue weighted by molar-refractivity contribution is -0.120. The van der Waals surface area contributed by atoms with Gasteiger partial charge in [-0.1, -0.05) is 18.2 Å². The summed E-state index contributed by atoms with van der Waals surface area (Å²) in [7, 11) is 0. The highest BCUT2D eigenvalue weighted by atomic mass is 16.1. The Balaban J connectivity index is 2.53. The molecule has 0 fully saturated rings. The molecule has 0 saturated heterocycles. The van der Waals surface area contributed by atoms with Gasteiger partial charge in [-0.3, -0.25) is 10.2 Å². The highest BCUT2D eigenvalue weighted by Gasteiger charge is 2.03. The first kappa shape index (κ1) is 14.0. The number of aliphatic imine (C=N–C) groups is 1. The number of hydrogen-bond donors (Lipinski definition) is 4. The van der Waals surface area contributed by atoms with Gasteiger partial charge in [-0.25, -0.2) is 10.8 Å². The molecule has 0 radical (unpaired) electrons. The van der Waals surface area contributed by atoms with Gasteiger partial charge in [-0.15, -0.1) is 0 Å². The lowest BCUT2D eigenvalue weighted by Gasteiger charge is -2.10. The lowest BCUT2D eigenvalue weighted by Crippen LogP contribution is -2.38. The maximum absolute atomic E-state index is 11.4. The molecular weight excluding hydrogens is 230 g/mol. The van der Waals surface area contributed by atoms with Gasteiger partial charge in [0.2, 0.25) is 11.9 Å². The molecule has 98 valence electrons. The van der Waals surface area contributed by atoms with E-state index in [4.69, 9.17) is 5.84 Å². The van der Waals surface area contributed by atoms with Gasteiger partial charge in [0.15, 0.2) is 0 Å². The molecule has 6 heteroatoms. The molecule has 1 rings (SSSR count). The molecule has 0 heterocycles. The van der Waals surface area contributed by atoms with E-state index >= 15 is 0 Å². The number of hydrogen-bond acceptors (Lipinski definition) is 3. The Bertz CT molecular complexity index is 402. The van der Waals surface area contributed by atoms with E-state index < -0.39 is 0 Å². The van der Waals surface area contributed by atoms with E-state index in [0.29, 0.717) is 5.96 Å². The molecule has 0 aliphatic rings. The monoisotopic (exact) mass is 249 g/mol. The largest absolute Gasteiger partial charge is 0.352 e. The minimum absolute atomic E-state index is 0.0253. The van der Waals surface area contributed by atoms with Crippen molar-refractivity contribution in [2.24, 2.45) is 10.8 Å². The third kappa shape index (κ3) is 5.31. The highest BCUT2D eigenvalue weighted by molar-refractivity contribution is 5.94. The average Bonchev–Trinajstić information content (AvgIpc) is 2.35. The van der Waals surface area contributed by atoms with E-state index in [1.807, 2.05) is 44.2 Å². The number of nitrogens with zero attached hydrogens (tertiary/aromatic N) is 1. The quantitative estimate of drug-likeness (QED) is 0.270. The summed E-state index contributed by atoms with van der Waals surface area (Å²) in [6.07, 6.45) is 0.